The van der Waals surface area contributed by atoms with Crippen LogP contribution in [0.15, 0.2) is 60.8 Å². The van der Waals surface area contributed by atoms with E-state index in [0.29, 0.717) is 25.7 Å². The van der Waals surface area contributed by atoms with Crippen molar-refractivity contribution in [2.45, 2.75) is 270 Å². The minimum atomic E-state index is -0.796. The van der Waals surface area contributed by atoms with Crippen molar-refractivity contribution in [3.05, 3.63) is 60.8 Å². The number of unbranched alkanes of at least 4 members (excludes halogenated alkanes) is 24. The molecule has 0 heterocycles. The molecule has 1 amide bonds. The molecule has 0 rings (SSSR count). The molecule has 0 bridgehead atoms. The summed E-state index contributed by atoms with van der Waals surface area (Å²) in [6.45, 7) is 6.36. The quantitative estimate of drug-likeness (QED) is 0.0322. The van der Waals surface area contributed by atoms with Crippen molar-refractivity contribution in [2.24, 2.45) is 0 Å². The SMILES string of the molecule is CC/C=C\C/C=C\C/C=C\C/C=C\C/C=C\CCCC(=O)OC(CCCCCCCCCCCCCCC)CC(=O)NC(CO)C(O)CCCCCCCCCCCCCC. The van der Waals surface area contributed by atoms with Gasteiger partial charge in [-0.1, -0.05) is 236 Å². The Hall–Kier alpha value is -2.44. The molecule has 3 N–H and O–H groups in total. The highest BCUT2D eigenvalue weighted by molar-refractivity contribution is 5.77. The molecule has 61 heavy (non-hydrogen) atoms. The number of carbonyl (C=O) groups is 2. The van der Waals surface area contributed by atoms with Gasteiger partial charge in [0.25, 0.3) is 0 Å². The van der Waals surface area contributed by atoms with Gasteiger partial charge in [-0.2, -0.15) is 0 Å². The van der Waals surface area contributed by atoms with Crippen LogP contribution in [0.4, 0.5) is 0 Å². The van der Waals surface area contributed by atoms with Crippen LogP contribution in [0.25, 0.3) is 0 Å². The van der Waals surface area contributed by atoms with Gasteiger partial charge in [0.2, 0.25) is 5.91 Å². The number of rotatable bonds is 46. The lowest BCUT2D eigenvalue weighted by Gasteiger charge is -2.24. The van der Waals surface area contributed by atoms with Gasteiger partial charge in [0.1, 0.15) is 6.10 Å². The van der Waals surface area contributed by atoms with E-state index in [0.717, 1.165) is 77.0 Å². The van der Waals surface area contributed by atoms with Crippen LogP contribution in [0.5, 0.6) is 0 Å². The van der Waals surface area contributed by atoms with E-state index < -0.39 is 18.2 Å². The summed E-state index contributed by atoms with van der Waals surface area (Å²) in [5, 5.41) is 23.7. The van der Waals surface area contributed by atoms with Crippen molar-refractivity contribution in [1.29, 1.82) is 0 Å². The van der Waals surface area contributed by atoms with Crippen molar-refractivity contribution >= 4 is 11.9 Å². The van der Waals surface area contributed by atoms with Crippen LogP contribution in [0, 0.1) is 0 Å². The monoisotopic (exact) mass is 854 g/mol. The van der Waals surface area contributed by atoms with E-state index in [9.17, 15) is 19.8 Å². The largest absolute Gasteiger partial charge is 0.462 e. The lowest BCUT2D eigenvalue weighted by Crippen LogP contribution is -2.46. The molecule has 354 valence electrons. The normalized spacial score (nSPS) is 13.7. The molecule has 0 spiro atoms. The summed E-state index contributed by atoms with van der Waals surface area (Å²) in [5.41, 5.74) is 0. The minimum absolute atomic E-state index is 0.0561. The minimum Gasteiger partial charge on any atom is -0.462 e. The van der Waals surface area contributed by atoms with E-state index >= 15 is 0 Å². The second kappa shape index (κ2) is 48.6. The predicted octanol–water partition coefficient (Wildman–Crippen LogP) is 15.6. The van der Waals surface area contributed by atoms with Crippen LogP contribution in [0.2, 0.25) is 0 Å². The smallest absolute Gasteiger partial charge is 0.306 e. The molecule has 0 aliphatic rings. The lowest BCUT2D eigenvalue weighted by atomic mass is 10.0. The molecule has 0 aromatic carbocycles. The first kappa shape index (κ1) is 58.6. The summed E-state index contributed by atoms with van der Waals surface area (Å²) < 4.78 is 5.91. The Bertz CT molecular complexity index is 1090. The van der Waals surface area contributed by atoms with Crippen molar-refractivity contribution in [3.8, 4) is 0 Å². The topological polar surface area (TPSA) is 95.9 Å². The van der Waals surface area contributed by atoms with Crippen molar-refractivity contribution in [2.75, 3.05) is 6.61 Å². The average molecular weight is 854 g/mol. The first-order valence-electron chi connectivity index (χ1n) is 26.0. The fourth-order valence-corrected chi connectivity index (χ4v) is 7.70. The first-order chi connectivity index (χ1) is 30.0. The van der Waals surface area contributed by atoms with E-state index in [2.05, 4.69) is 86.8 Å². The number of allylic oxidation sites excluding steroid dienone is 10. The zero-order valence-corrected chi connectivity index (χ0v) is 40.3. The first-order valence-corrected chi connectivity index (χ1v) is 26.0. The van der Waals surface area contributed by atoms with Crippen LogP contribution in [-0.4, -0.2) is 46.9 Å². The fourth-order valence-electron chi connectivity index (χ4n) is 7.70. The van der Waals surface area contributed by atoms with Crippen molar-refractivity contribution in [3.63, 3.8) is 0 Å². The summed E-state index contributed by atoms with van der Waals surface area (Å²) in [7, 11) is 0. The van der Waals surface area contributed by atoms with Gasteiger partial charge in [-0.25, -0.2) is 0 Å². The number of hydrogen-bond donors (Lipinski definition) is 3. The van der Waals surface area contributed by atoms with Gasteiger partial charge in [-0.05, 0) is 64.2 Å². The molecule has 0 aromatic heterocycles. The van der Waals surface area contributed by atoms with Gasteiger partial charge < -0.3 is 20.3 Å². The summed E-state index contributed by atoms with van der Waals surface area (Å²) >= 11 is 0. The van der Waals surface area contributed by atoms with Crippen LogP contribution in [0.3, 0.4) is 0 Å². The Kier molecular flexibility index (Phi) is 46.6. The molecule has 3 unspecified atom stereocenters. The molecule has 0 fully saturated rings. The van der Waals surface area contributed by atoms with Crippen LogP contribution in [-0.2, 0) is 14.3 Å². The van der Waals surface area contributed by atoms with Gasteiger partial charge in [0, 0.05) is 6.42 Å². The van der Waals surface area contributed by atoms with Crippen molar-refractivity contribution in [1.82, 2.24) is 5.32 Å². The van der Waals surface area contributed by atoms with E-state index in [-0.39, 0.29) is 24.9 Å². The number of nitrogens with one attached hydrogen (secondary N) is 1. The van der Waals surface area contributed by atoms with E-state index in [1.54, 1.807) is 0 Å². The molecule has 6 heteroatoms. The van der Waals surface area contributed by atoms with Crippen LogP contribution < -0.4 is 5.32 Å². The zero-order chi connectivity index (χ0) is 44.5. The molecule has 0 aliphatic heterocycles. The summed E-state index contributed by atoms with van der Waals surface area (Å²) in [6.07, 6.45) is 59.9. The Balaban J connectivity index is 4.65. The maximum Gasteiger partial charge on any atom is 0.306 e. The van der Waals surface area contributed by atoms with Crippen LogP contribution in [0.1, 0.15) is 252 Å². The second-order valence-corrected chi connectivity index (χ2v) is 17.5. The van der Waals surface area contributed by atoms with Gasteiger partial charge >= 0.3 is 5.97 Å². The molecule has 0 saturated carbocycles. The number of carbonyl (C=O) groups excluding carboxylic acids is 2. The maximum atomic E-state index is 13.2. The third-order valence-corrected chi connectivity index (χ3v) is 11.6. The maximum absolute atomic E-state index is 13.2. The van der Waals surface area contributed by atoms with Gasteiger partial charge in [0.15, 0.2) is 0 Å². The lowest BCUT2D eigenvalue weighted by molar-refractivity contribution is -0.151. The number of aliphatic hydroxyl groups excluding tert-OH is 2. The fraction of sp³-hybridized carbons (Fsp3) is 0.782. The molecule has 0 saturated heterocycles. The van der Waals surface area contributed by atoms with E-state index in [1.165, 1.54) is 122 Å². The molecule has 0 aliphatic carbocycles. The van der Waals surface area contributed by atoms with E-state index in [1.807, 2.05) is 0 Å². The Morgan fingerprint density at radius 3 is 1.28 bits per heavy atom. The van der Waals surface area contributed by atoms with Gasteiger partial charge in [0.05, 0.1) is 25.2 Å². The third kappa shape index (κ3) is 44.0. The summed E-state index contributed by atoms with van der Waals surface area (Å²) in [4.78, 5) is 26.1. The zero-order valence-electron chi connectivity index (χ0n) is 40.3. The number of esters is 1. The summed E-state index contributed by atoms with van der Waals surface area (Å²) in [6, 6.07) is -0.712. The Labute approximate surface area is 378 Å². The predicted molar refractivity (Wildman–Crippen MR) is 264 cm³/mol. The standard InChI is InChI=1S/C55H99NO5/c1-4-7-10-13-16-19-22-25-26-27-28-30-33-36-39-42-45-48-55(60)61-51(46-43-40-37-34-31-29-23-20-17-14-11-8-5-2)49-54(59)56-52(50-57)53(58)47-44-41-38-35-32-24-21-18-15-12-9-6-3/h7,10,16,19,25-26,28,30,36,39,51-53,57-58H,4-6,8-9,11-15,17-18,20-24,27,29,31-35,37-38,40-50H2,1-3H3,(H,56,59)/b10-7-,19-16-,26-25-,30-28-,39-36-. The second-order valence-electron chi connectivity index (χ2n) is 17.5. The molecular formula is C55H99NO5. The molecule has 6 nitrogen and oxygen atoms in total. The van der Waals surface area contributed by atoms with Gasteiger partial charge in [-0.3, -0.25) is 9.59 Å². The number of amides is 1. The molecular weight excluding hydrogens is 755 g/mol. The van der Waals surface area contributed by atoms with Gasteiger partial charge in [-0.15, -0.1) is 0 Å². The van der Waals surface area contributed by atoms with E-state index in [4.69, 9.17) is 4.74 Å². The highest BCUT2D eigenvalue weighted by atomic mass is 16.5. The average Bonchev–Trinajstić information content (AvgIpc) is 3.25. The number of hydrogen-bond acceptors (Lipinski definition) is 5. The highest BCUT2D eigenvalue weighted by Crippen LogP contribution is 2.18. The molecule has 0 aromatic rings. The molecule has 0 radical (unpaired) electrons. The Morgan fingerprint density at radius 2 is 0.869 bits per heavy atom. The van der Waals surface area contributed by atoms with Crippen LogP contribution >= 0.6 is 0 Å². The number of aliphatic hydroxyl groups is 2. The highest BCUT2D eigenvalue weighted by Gasteiger charge is 2.24. The Morgan fingerprint density at radius 1 is 0.492 bits per heavy atom. The number of ether oxygens (including phenoxy) is 1. The summed E-state index contributed by atoms with van der Waals surface area (Å²) in [5.74, 6) is -0.537. The van der Waals surface area contributed by atoms with Crippen molar-refractivity contribution < 1.29 is 24.5 Å². The third-order valence-electron chi connectivity index (χ3n) is 11.6. The molecule has 3 atom stereocenters.